The van der Waals surface area contributed by atoms with E-state index in [4.69, 9.17) is 5.73 Å². The predicted octanol–water partition coefficient (Wildman–Crippen LogP) is 1.43. The van der Waals surface area contributed by atoms with Gasteiger partial charge in [-0.3, -0.25) is 0 Å². The molecule has 0 aliphatic carbocycles. The van der Waals surface area contributed by atoms with E-state index in [0.717, 1.165) is 41.3 Å². The monoisotopic (exact) mass is 236 g/mol. The molecule has 0 unspecified atom stereocenters. The third kappa shape index (κ3) is 1.98. The molecule has 0 saturated carbocycles. The van der Waals surface area contributed by atoms with Crippen molar-refractivity contribution in [1.82, 2.24) is 9.97 Å². The molecule has 1 aliphatic rings. The Kier molecular flexibility index (Phi) is 2.58. The zero-order chi connectivity index (χ0) is 12.4. The van der Waals surface area contributed by atoms with E-state index in [9.17, 15) is 0 Å². The maximum absolute atomic E-state index is 5.63. The molecule has 2 aromatic rings. The minimum atomic E-state index is 0.743. The van der Waals surface area contributed by atoms with Gasteiger partial charge in [0.05, 0.1) is 0 Å². The van der Waals surface area contributed by atoms with Gasteiger partial charge in [0, 0.05) is 23.4 Å². The number of nitrogens with zero attached hydrogens (tertiary/aromatic N) is 2. The second-order valence-electron chi connectivity index (χ2n) is 4.10. The molecule has 0 fully saturated rings. The normalized spacial score (nSPS) is 12.2. The number of rotatable bonds is 0. The van der Waals surface area contributed by atoms with Gasteiger partial charge < -0.3 is 11.1 Å². The quantitative estimate of drug-likeness (QED) is 0.536. The Labute approximate surface area is 105 Å². The van der Waals surface area contributed by atoms with Crippen molar-refractivity contribution >= 4 is 11.5 Å². The Balaban J connectivity index is 1.94. The zero-order valence-electron chi connectivity index (χ0n) is 9.77. The van der Waals surface area contributed by atoms with E-state index < -0.39 is 0 Å². The van der Waals surface area contributed by atoms with Crippen LogP contribution in [-0.2, 0) is 6.42 Å². The highest BCUT2D eigenvalue weighted by molar-refractivity contribution is 5.56. The molecule has 1 aromatic heterocycles. The van der Waals surface area contributed by atoms with Crippen LogP contribution in [0, 0.1) is 11.8 Å². The molecule has 0 radical (unpaired) electrons. The Bertz CT molecular complexity index is 635. The molecular weight excluding hydrogens is 224 g/mol. The summed E-state index contributed by atoms with van der Waals surface area (Å²) in [5.41, 5.74) is 9.23. The third-order valence-electron chi connectivity index (χ3n) is 2.85. The Morgan fingerprint density at radius 2 is 1.94 bits per heavy atom. The number of fused-ring (bicyclic) bond motifs is 1. The molecule has 88 valence electrons. The molecule has 3 N–H and O–H groups in total. The van der Waals surface area contributed by atoms with Crippen LogP contribution < -0.4 is 11.1 Å². The Morgan fingerprint density at radius 3 is 2.78 bits per heavy atom. The van der Waals surface area contributed by atoms with Crippen LogP contribution in [0.4, 0.5) is 11.5 Å². The van der Waals surface area contributed by atoms with Crippen molar-refractivity contribution in [1.29, 1.82) is 0 Å². The number of nitrogens with one attached hydrogen (secondary N) is 1. The number of benzene rings is 1. The molecule has 18 heavy (non-hydrogen) atoms. The van der Waals surface area contributed by atoms with Gasteiger partial charge >= 0.3 is 0 Å². The summed E-state index contributed by atoms with van der Waals surface area (Å²) >= 11 is 0. The summed E-state index contributed by atoms with van der Waals surface area (Å²) in [6.45, 7) is 0.907. The van der Waals surface area contributed by atoms with E-state index >= 15 is 0 Å². The minimum absolute atomic E-state index is 0.743. The van der Waals surface area contributed by atoms with Gasteiger partial charge in [0.2, 0.25) is 0 Å². The largest absolute Gasteiger partial charge is 0.399 e. The highest BCUT2D eigenvalue weighted by Crippen LogP contribution is 2.20. The fourth-order valence-corrected chi connectivity index (χ4v) is 1.91. The van der Waals surface area contributed by atoms with Gasteiger partial charge in [0.25, 0.3) is 0 Å². The molecule has 0 amide bonds. The van der Waals surface area contributed by atoms with Crippen molar-refractivity contribution in [2.75, 3.05) is 17.6 Å². The Morgan fingerprint density at radius 1 is 1.11 bits per heavy atom. The first-order chi connectivity index (χ1) is 8.83. The molecule has 0 atom stereocenters. The summed E-state index contributed by atoms with van der Waals surface area (Å²) < 4.78 is 0. The van der Waals surface area contributed by atoms with Crippen LogP contribution >= 0.6 is 0 Å². The van der Waals surface area contributed by atoms with Gasteiger partial charge in [0.1, 0.15) is 17.8 Å². The molecule has 3 rings (SSSR count). The molecule has 0 bridgehead atoms. The smallest absolute Gasteiger partial charge is 0.133 e. The van der Waals surface area contributed by atoms with Crippen LogP contribution in [0.1, 0.15) is 16.8 Å². The van der Waals surface area contributed by atoms with Gasteiger partial charge in [-0.25, -0.2) is 9.97 Å². The molecular formula is C14H12N4. The van der Waals surface area contributed by atoms with Crippen molar-refractivity contribution in [3.63, 3.8) is 0 Å². The van der Waals surface area contributed by atoms with Gasteiger partial charge in [0.15, 0.2) is 0 Å². The highest BCUT2D eigenvalue weighted by atomic mass is 15.0. The maximum atomic E-state index is 5.63. The standard InChI is InChI=1S/C14H12N4/c15-11-4-1-10(2-5-11)3-6-13-12-7-8-16-14(12)18-9-17-13/h1-2,4-5,9H,7-8,15H2,(H,16,17,18). The minimum Gasteiger partial charge on any atom is -0.399 e. The number of aromatic nitrogens is 2. The van der Waals surface area contributed by atoms with Crippen LogP contribution in [-0.4, -0.2) is 16.5 Å². The second-order valence-corrected chi connectivity index (χ2v) is 4.10. The SMILES string of the molecule is Nc1ccc(C#Cc2ncnc3c2CCN3)cc1. The zero-order valence-corrected chi connectivity index (χ0v) is 9.77. The number of anilines is 2. The van der Waals surface area contributed by atoms with Crippen molar-refractivity contribution in [2.24, 2.45) is 0 Å². The van der Waals surface area contributed by atoms with Crippen molar-refractivity contribution < 1.29 is 0 Å². The van der Waals surface area contributed by atoms with Gasteiger partial charge in [-0.05, 0) is 36.6 Å². The van der Waals surface area contributed by atoms with E-state index in [1.165, 1.54) is 0 Å². The number of hydrogen-bond donors (Lipinski definition) is 2. The first kappa shape index (κ1) is 10.6. The number of nitrogen functional groups attached to an aromatic ring is 1. The summed E-state index contributed by atoms with van der Waals surface area (Å²) in [6.07, 6.45) is 2.48. The summed E-state index contributed by atoms with van der Waals surface area (Å²) in [7, 11) is 0. The van der Waals surface area contributed by atoms with E-state index in [0.29, 0.717) is 0 Å². The predicted molar refractivity (Wildman–Crippen MR) is 71.1 cm³/mol. The van der Waals surface area contributed by atoms with Crippen molar-refractivity contribution in [2.45, 2.75) is 6.42 Å². The van der Waals surface area contributed by atoms with Crippen molar-refractivity contribution in [3.8, 4) is 11.8 Å². The molecule has 4 heteroatoms. The van der Waals surface area contributed by atoms with Gasteiger partial charge in [-0.15, -0.1) is 0 Å². The van der Waals surface area contributed by atoms with Gasteiger partial charge in [-0.1, -0.05) is 5.92 Å². The molecule has 1 aromatic carbocycles. The summed E-state index contributed by atoms with van der Waals surface area (Å²) in [5, 5.41) is 3.21. The molecule has 0 spiro atoms. The van der Waals surface area contributed by atoms with Crippen LogP contribution in [0.3, 0.4) is 0 Å². The average Bonchev–Trinajstić information content (AvgIpc) is 2.87. The van der Waals surface area contributed by atoms with Crippen LogP contribution in [0.25, 0.3) is 0 Å². The van der Waals surface area contributed by atoms with Crippen LogP contribution in [0.2, 0.25) is 0 Å². The summed E-state index contributed by atoms with van der Waals surface area (Å²) in [4.78, 5) is 8.41. The van der Waals surface area contributed by atoms with Crippen LogP contribution in [0.15, 0.2) is 30.6 Å². The number of hydrogen-bond acceptors (Lipinski definition) is 4. The van der Waals surface area contributed by atoms with E-state index in [1.54, 1.807) is 6.33 Å². The highest BCUT2D eigenvalue weighted by Gasteiger charge is 2.14. The van der Waals surface area contributed by atoms with Gasteiger partial charge in [-0.2, -0.15) is 0 Å². The first-order valence-electron chi connectivity index (χ1n) is 5.78. The summed E-state index contributed by atoms with van der Waals surface area (Å²) in [5.74, 6) is 7.10. The van der Waals surface area contributed by atoms with Crippen molar-refractivity contribution in [3.05, 3.63) is 47.4 Å². The molecule has 1 aliphatic heterocycles. The maximum Gasteiger partial charge on any atom is 0.133 e. The fraction of sp³-hybridized carbons (Fsp3) is 0.143. The molecule has 0 saturated heterocycles. The lowest BCUT2D eigenvalue weighted by Gasteiger charge is -1.98. The second kappa shape index (κ2) is 4.38. The third-order valence-corrected chi connectivity index (χ3v) is 2.85. The Hall–Kier alpha value is -2.54. The number of nitrogens with two attached hydrogens (primary N) is 1. The molecule has 2 heterocycles. The van der Waals surface area contributed by atoms with E-state index in [-0.39, 0.29) is 0 Å². The lowest BCUT2D eigenvalue weighted by atomic mass is 10.1. The topological polar surface area (TPSA) is 63.8 Å². The average molecular weight is 236 g/mol. The van der Waals surface area contributed by atoms with E-state index in [1.807, 2.05) is 24.3 Å². The molecule has 4 nitrogen and oxygen atoms in total. The lowest BCUT2D eigenvalue weighted by Crippen LogP contribution is -1.94. The fourth-order valence-electron chi connectivity index (χ4n) is 1.91. The first-order valence-corrected chi connectivity index (χ1v) is 5.78. The summed E-state index contributed by atoms with van der Waals surface area (Å²) in [6, 6.07) is 7.50. The van der Waals surface area contributed by atoms with E-state index in [2.05, 4.69) is 27.1 Å². The van der Waals surface area contributed by atoms with Crippen LogP contribution in [0.5, 0.6) is 0 Å². The lowest BCUT2D eigenvalue weighted by molar-refractivity contribution is 1.07.